The number of nitrogens with two attached hydrogens (primary N) is 1. The lowest BCUT2D eigenvalue weighted by Crippen LogP contribution is -2.13. The molecule has 0 aliphatic rings. The topological polar surface area (TPSA) is 69.4 Å². The normalized spacial score (nSPS) is 12.1. The van der Waals surface area contributed by atoms with Gasteiger partial charge in [-0.05, 0) is 35.2 Å². The van der Waals surface area contributed by atoms with Crippen LogP contribution in [0, 0.1) is 0 Å². The lowest BCUT2D eigenvalue weighted by Gasteiger charge is -2.19. The lowest BCUT2D eigenvalue weighted by molar-refractivity contribution is 0.487. The minimum atomic E-state index is -3.88. The number of anilines is 1. The Morgan fingerprint density at radius 1 is 0.952 bits per heavy atom. The van der Waals surface area contributed by atoms with Crippen molar-refractivity contribution in [1.82, 2.24) is 0 Å². The van der Waals surface area contributed by atoms with Crippen LogP contribution in [0.15, 0.2) is 53.4 Å². The predicted octanol–water partition coefficient (Wildman–Crippen LogP) is 3.33. The van der Waals surface area contributed by atoms with E-state index >= 15 is 0 Å². The van der Waals surface area contributed by atoms with E-state index in [9.17, 15) is 8.42 Å². The van der Waals surface area contributed by atoms with Crippen molar-refractivity contribution < 1.29 is 12.6 Å². The quantitative estimate of drug-likeness (QED) is 0.697. The first kappa shape index (κ1) is 15.4. The van der Waals surface area contributed by atoms with E-state index in [1.54, 1.807) is 42.5 Å². The number of hydrogen-bond donors (Lipinski definition) is 1. The number of benzene rings is 2. The third-order valence-corrected chi connectivity index (χ3v) is 4.38. The maximum absolute atomic E-state index is 12.2. The maximum Gasteiger partial charge on any atom is 0.339 e. The van der Waals surface area contributed by atoms with E-state index in [1.165, 1.54) is 6.07 Å². The standard InChI is InChI=1S/C16H19NO3S/c1-16(2,3)12-8-10-13(11-9-12)21(18,19)20-15-7-5-4-6-14(15)17/h4-11H,17H2,1-3H3. The molecule has 4 nitrogen and oxygen atoms in total. The van der Waals surface area contributed by atoms with E-state index in [0.717, 1.165) is 5.56 Å². The minimum absolute atomic E-state index is 0.0347. The highest BCUT2D eigenvalue weighted by molar-refractivity contribution is 7.87. The summed E-state index contributed by atoms with van der Waals surface area (Å²) in [4.78, 5) is 0.110. The van der Waals surface area contributed by atoms with Crippen LogP contribution in [0.3, 0.4) is 0 Å². The molecule has 2 aromatic carbocycles. The monoisotopic (exact) mass is 305 g/mol. The molecule has 5 heteroatoms. The summed E-state index contributed by atoms with van der Waals surface area (Å²) in [6.45, 7) is 6.20. The van der Waals surface area contributed by atoms with Gasteiger partial charge in [-0.15, -0.1) is 0 Å². The fourth-order valence-corrected chi connectivity index (χ4v) is 2.80. The van der Waals surface area contributed by atoms with E-state index in [-0.39, 0.29) is 21.7 Å². The SMILES string of the molecule is CC(C)(C)c1ccc(S(=O)(=O)Oc2ccccc2N)cc1. The fourth-order valence-electron chi connectivity index (χ4n) is 1.84. The molecule has 21 heavy (non-hydrogen) atoms. The van der Waals surface area contributed by atoms with Crippen molar-refractivity contribution in [3.05, 3.63) is 54.1 Å². The molecule has 2 rings (SSSR count). The second-order valence-corrected chi connectivity index (χ2v) is 7.40. The first-order valence-electron chi connectivity index (χ1n) is 6.60. The van der Waals surface area contributed by atoms with Crippen molar-refractivity contribution in [2.45, 2.75) is 31.1 Å². The minimum Gasteiger partial charge on any atom is -0.396 e. The van der Waals surface area contributed by atoms with Gasteiger partial charge in [0.2, 0.25) is 0 Å². The Labute approximate surface area is 125 Å². The third kappa shape index (κ3) is 3.55. The summed E-state index contributed by atoms with van der Waals surface area (Å²) >= 11 is 0. The van der Waals surface area contributed by atoms with Crippen LogP contribution in [0.4, 0.5) is 5.69 Å². The number of nitrogen functional groups attached to an aromatic ring is 1. The van der Waals surface area contributed by atoms with Crippen molar-refractivity contribution in [3.63, 3.8) is 0 Å². The molecule has 0 aromatic heterocycles. The van der Waals surface area contributed by atoms with Crippen LogP contribution in [0.25, 0.3) is 0 Å². The Hall–Kier alpha value is -2.01. The van der Waals surface area contributed by atoms with Gasteiger partial charge in [0.1, 0.15) is 4.90 Å². The zero-order chi connectivity index (χ0) is 15.7. The average Bonchev–Trinajstić information content (AvgIpc) is 2.40. The Morgan fingerprint density at radius 3 is 2.05 bits per heavy atom. The molecule has 0 aliphatic carbocycles. The molecular formula is C16H19NO3S. The Balaban J connectivity index is 2.30. The van der Waals surface area contributed by atoms with Gasteiger partial charge in [-0.1, -0.05) is 45.0 Å². The zero-order valence-corrected chi connectivity index (χ0v) is 13.1. The van der Waals surface area contributed by atoms with Crippen molar-refractivity contribution in [2.24, 2.45) is 0 Å². The molecule has 2 aromatic rings. The molecule has 112 valence electrons. The van der Waals surface area contributed by atoms with E-state index in [1.807, 2.05) is 0 Å². The van der Waals surface area contributed by atoms with Crippen LogP contribution in [0.5, 0.6) is 5.75 Å². The van der Waals surface area contributed by atoms with E-state index in [4.69, 9.17) is 9.92 Å². The van der Waals surface area contributed by atoms with Gasteiger partial charge >= 0.3 is 10.1 Å². The molecule has 0 unspecified atom stereocenters. The summed E-state index contributed by atoms with van der Waals surface area (Å²) in [5, 5.41) is 0. The van der Waals surface area contributed by atoms with Crippen molar-refractivity contribution in [3.8, 4) is 5.75 Å². The van der Waals surface area contributed by atoms with Gasteiger partial charge in [0.05, 0.1) is 5.69 Å². The van der Waals surface area contributed by atoms with Crippen LogP contribution < -0.4 is 9.92 Å². The average molecular weight is 305 g/mol. The van der Waals surface area contributed by atoms with Crippen molar-refractivity contribution >= 4 is 15.8 Å². The van der Waals surface area contributed by atoms with Crippen molar-refractivity contribution in [1.29, 1.82) is 0 Å². The Morgan fingerprint density at radius 2 is 1.52 bits per heavy atom. The van der Waals surface area contributed by atoms with Crippen molar-refractivity contribution in [2.75, 3.05) is 5.73 Å². The van der Waals surface area contributed by atoms with E-state index in [2.05, 4.69) is 20.8 Å². The first-order valence-corrected chi connectivity index (χ1v) is 8.00. The van der Waals surface area contributed by atoms with Gasteiger partial charge in [0.15, 0.2) is 5.75 Å². The van der Waals surface area contributed by atoms with Gasteiger partial charge in [0, 0.05) is 0 Å². The summed E-state index contributed by atoms with van der Waals surface area (Å²) in [6.07, 6.45) is 0. The smallest absolute Gasteiger partial charge is 0.339 e. The molecule has 0 fully saturated rings. The van der Waals surface area contributed by atoms with E-state index in [0.29, 0.717) is 0 Å². The summed E-state index contributed by atoms with van der Waals surface area (Å²) in [5.74, 6) is 0.136. The fraction of sp³-hybridized carbons (Fsp3) is 0.250. The summed E-state index contributed by atoms with van der Waals surface area (Å²) < 4.78 is 29.6. The molecule has 0 radical (unpaired) electrons. The van der Waals surface area contributed by atoms with Gasteiger partial charge in [-0.2, -0.15) is 8.42 Å². The van der Waals surface area contributed by atoms with Gasteiger partial charge in [-0.25, -0.2) is 0 Å². The molecule has 2 N–H and O–H groups in total. The highest BCUT2D eigenvalue weighted by atomic mass is 32.2. The van der Waals surface area contributed by atoms with Crippen LogP contribution in [0.1, 0.15) is 26.3 Å². The molecule has 0 saturated carbocycles. The molecule has 0 heterocycles. The van der Waals surface area contributed by atoms with Crippen LogP contribution in [-0.4, -0.2) is 8.42 Å². The van der Waals surface area contributed by atoms with Gasteiger partial charge < -0.3 is 9.92 Å². The predicted molar refractivity (Wildman–Crippen MR) is 83.8 cm³/mol. The highest BCUT2D eigenvalue weighted by Gasteiger charge is 2.20. The van der Waals surface area contributed by atoms with Gasteiger partial charge in [0.25, 0.3) is 0 Å². The van der Waals surface area contributed by atoms with Gasteiger partial charge in [-0.3, -0.25) is 0 Å². The first-order chi connectivity index (χ1) is 9.70. The Bertz CT molecular complexity index is 729. The summed E-state index contributed by atoms with van der Waals surface area (Å²) in [6, 6.07) is 13.2. The molecule has 0 atom stereocenters. The number of hydrogen-bond acceptors (Lipinski definition) is 4. The maximum atomic E-state index is 12.2. The molecule has 0 aliphatic heterocycles. The molecule has 0 bridgehead atoms. The molecule has 0 amide bonds. The lowest BCUT2D eigenvalue weighted by atomic mass is 9.87. The Kier molecular flexibility index (Phi) is 3.96. The third-order valence-electron chi connectivity index (χ3n) is 3.13. The number of para-hydroxylation sites is 2. The largest absolute Gasteiger partial charge is 0.396 e. The van der Waals surface area contributed by atoms with Crippen LogP contribution >= 0.6 is 0 Å². The summed E-state index contributed by atoms with van der Waals surface area (Å²) in [7, 11) is -3.88. The second kappa shape index (κ2) is 5.41. The van der Waals surface area contributed by atoms with E-state index < -0.39 is 10.1 Å². The molecule has 0 spiro atoms. The highest BCUT2D eigenvalue weighted by Crippen LogP contribution is 2.27. The second-order valence-electron chi connectivity index (χ2n) is 5.85. The number of rotatable bonds is 3. The summed E-state index contributed by atoms with van der Waals surface area (Å²) in [5.41, 5.74) is 7.00. The zero-order valence-electron chi connectivity index (χ0n) is 12.3. The molecule has 0 saturated heterocycles. The van der Waals surface area contributed by atoms with Crippen LogP contribution in [0.2, 0.25) is 0 Å². The van der Waals surface area contributed by atoms with Crippen LogP contribution in [-0.2, 0) is 15.5 Å². The molecular weight excluding hydrogens is 286 g/mol.